The predicted molar refractivity (Wildman–Crippen MR) is 101 cm³/mol. The summed E-state index contributed by atoms with van der Waals surface area (Å²) in [6.45, 7) is 2.86. The zero-order valence-electron chi connectivity index (χ0n) is 14.7. The van der Waals surface area contributed by atoms with Crippen LogP contribution in [0.15, 0.2) is 48.0 Å². The zero-order chi connectivity index (χ0) is 18.4. The van der Waals surface area contributed by atoms with Crippen LogP contribution in [0.4, 0.5) is 0 Å². The molecule has 6 nitrogen and oxygen atoms in total. The highest BCUT2D eigenvalue weighted by molar-refractivity contribution is 7.98. The minimum atomic E-state index is -0.904. The molecular formula is C19H22N4O2S. The molecule has 0 aliphatic heterocycles. The first-order valence-corrected chi connectivity index (χ1v) is 9.63. The van der Waals surface area contributed by atoms with Crippen molar-refractivity contribution in [3.05, 3.63) is 65.5 Å². The molecule has 0 saturated carbocycles. The van der Waals surface area contributed by atoms with Crippen LogP contribution in [0.3, 0.4) is 0 Å². The minimum absolute atomic E-state index is 0.305. The number of carboxylic acids is 1. The number of H-pyrrole nitrogens is 1. The lowest BCUT2D eigenvalue weighted by Crippen LogP contribution is -2.09. The number of imidazole rings is 2. The number of thioether (sulfide) groups is 1. The van der Waals surface area contributed by atoms with Gasteiger partial charge in [-0.1, -0.05) is 37.2 Å². The second-order valence-electron chi connectivity index (χ2n) is 6.04. The van der Waals surface area contributed by atoms with Crippen LogP contribution in [0.1, 0.15) is 47.2 Å². The molecule has 3 rings (SSSR count). The molecule has 0 unspecified atom stereocenters. The Labute approximate surface area is 156 Å². The highest BCUT2D eigenvalue weighted by atomic mass is 32.2. The average molecular weight is 370 g/mol. The number of aryl methyl sites for hydroxylation is 1. The summed E-state index contributed by atoms with van der Waals surface area (Å²) in [4.78, 5) is 23.0. The molecule has 0 fully saturated rings. The van der Waals surface area contributed by atoms with Crippen molar-refractivity contribution in [2.75, 3.05) is 0 Å². The quantitative estimate of drug-likeness (QED) is 0.557. The van der Waals surface area contributed by atoms with Gasteiger partial charge in [0.2, 0.25) is 0 Å². The van der Waals surface area contributed by atoms with Crippen LogP contribution in [0.5, 0.6) is 0 Å². The Bertz CT molecular complexity index is 841. The number of carboxylic acid groups (broad SMARTS) is 1. The Balaban J connectivity index is 1.79. The molecule has 26 heavy (non-hydrogen) atoms. The van der Waals surface area contributed by atoms with Gasteiger partial charge < -0.3 is 14.7 Å². The Hall–Kier alpha value is -2.54. The smallest absolute Gasteiger partial charge is 0.335 e. The van der Waals surface area contributed by atoms with Gasteiger partial charge >= 0.3 is 5.97 Å². The highest BCUT2D eigenvalue weighted by Gasteiger charge is 2.12. The van der Waals surface area contributed by atoms with E-state index in [9.17, 15) is 4.79 Å². The lowest BCUT2D eigenvalue weighted by Gasteiger charge is -2.12. The molecule has 2 N–H and O–H groups in total. The fourth-order valence-electron chi connectivity index (χ4n) is 2.70. The van der Waals surface area contributed by atoms with Gasteiger partial charge in [0, 0.05) is 43.0 Å². The third-order valence-electron chi connectivity index (χ3n) is 4.15. The molecule has 0 spiro atoms. The fraction of sp³-hybridized carbons (Fsp3) is 0.316. The van der Waals surface area contributed by atoms with Crippen molar-refractivity contribution < 1.29 is 9.90 Å². The van der Waals surface area contributed by atoms with Crippen LogP contribution in [-0.2, 0) is 18.7 Å². The molecule has 0 amide bonds. The van der Waals surface area contributed by atoms with Crippen molar-refractivity contribution in [1.29, 1.82) is 0 Å². The lowest BCUT2D eigenvalue weighted by atomic mass is 10.1. The maximum Gasteiger partial charge on any atom is 0.335 e. The van der Waals surface area contributed by atoms with E-state index in [4.69, 9.17) is 5.11 Å². The van der Waals surface area contributed by atoms with E-state index in [2.05, 4.69) is 26.4 Å². The summed E-state index contributed by atoms with van der Waals surface area (Å²) in [5, 5.41) is 9.94. The topological polar surface area (TPSA) is 83.8 Å². The van der Waals surface area contributed by atoms with Crippen molar-refractivity contribution in [3.8, 4) is 0 Å². The molecular weight excluding hydrogens is 348 g/mol. The molecule has 2 aromatic heterocycles. The maximum absolute atomic E-state index is 11.0. The summed E-state index contributed by atoms with van der Waals surface area (Å²) in [5.41, 5.74) is 2.51. The SMILES string of the molecule is CCCCc1ncc(CSc2ncc[nH]2)n1Cc1ccc(C(=O)O)cc1. The van der Waals surface area contributed by atoms with Gasteiger partial charge in [-0.05, 0) is 24.1 Å². The average Bonchev–Trinajstić information content (AvgIpc) is 3.29. The summed E-state index contributed by atoms with van der Waals surface area (Å²) >= 11 is 1.64. The van der Waals surface area contributed by atoms with Crippen molar-refractivity contribution in [2.24, 2.45) is 0 Å². The molecule has 7 heteroatoms. The van der Waals surface area contributed by atoms with E-state index in [0.717, 1.165) is 47.3 Å². The number of aromatic carboxylic acids is 1. The zero-order valence-corrected chi connectivity index (χ0v) is 15.5. The number of aromatic amines is 1. The molecule has 0 bridgehead atoms. The molecule has 1 aromatic carbocycles. The number of unbranched alkanes of at least 4 members (excludes halogenated alkanes) is 1. The van der Waals surface area contributed by atoms with Gasteiger partial charge in [-0.15, -0.1) is 0 Å². The number of rotatable bonds is 9. The lowest BCUT2D eigenvalue weighted by molar-refractivity contribution is 0.0697. The monoisotopic (exact) mass is 370 g/mol. The van der Waals surface area contributed by atoms with Crippen LogP contribution >= 0.6 is 11.8 Å². The molecule has 0 atom stereocenters. The van der Waals surface area contributed by atoms with Crippen LogP contribution in [0.2, 0.25) is 0 Å². The maximum atomic E-state index is 11.0. The highest BCUT2D eigenvalue weighted by Crippen LogP contribution is 2.21. The van der Waals surface area contributed by atoms with Crippen LogP contribution in [0, 0.1) is 0 Å². The Morgan fingerprint density at radius 1 is 1.27 bits per heavy atom. The standard InChI is InChI=1S/C19H22N4O2S/c1-2-3-4-17-22-11-16(13-26-19-20-9-10-21-19)23(17)12-14-5-7-15(8-6-14)18(24)25/h5-11H,2-4,12-13H2,1H3,(H,20,21)(H,24,25). The van der Waals surface area contributed by atoms with Gasteiger partial charge in [0.1, 0.15) is 5.82 Å². The van der Waals surface area contributed by atoms with E-state index < -0.39 is 5.97 Å². The molecule has 0 radical (unpaired) electrons. The van der Waals surface area contributed by atoms with E-state index in [1.54, 1.807) is 30.1 Å². The predicted octanol–water partition coefficient (Wildman–Crippen LogP) is 3.99. The van der Waals surface area contributed by atoms with Gasteiger partial charge in [0.15, 0.2) is 5.16 Å². The normalized spacial score (nSPS) is 11.0. The first kappa shape index (κ1) is 18.3. The third kappa shape index (κ3) is 4.54. The van der Waals surface area contributed by atoms with Crippen LogP contribution < -0.4 is 0 Å². The third-order valence-corrected chi connectivity index (χ3v) is 5.08. The number of aromatic nitrogens is 4. The summed E-state index contributed by atoms with van der Waals surface area (Å²) in [6, 6.07) is 7.04. The second-order valence-corrected chi connectivity index (χ2v) is 7.00. The summed E-state index contributed by atoms with van der Waals surface area (Å²) in [6.07, 6.45) is 8.66. The summed E-state index contributed by atoms with van der Waals surface area (Å²) in [7, 11) is 0. The number of carbonyl (C=O) groups is 1. The van der Waals surface area contributed by atoms with Gasteiger partial charge in [0.05, 0.1) is 5.56 Å². The van der Waals surface area contributed by atoms with Gasteiger partial charge in [-0.25, -0.2) is 14.8 Å². The van der Waals surface area contributed by atoms with E-state index in [-0.39, 0.29) is 0 Å². The van der Waals surface area contributed by atoms with E-state index >= 15 is 0 Å². The minimum Gasteiger partial charge on any atom is -0.478 e. The van der Waals surface area contributed by atoms with Crippen LogP contribution in [0.25, 0.3) is 0 Å². The largest absolute Gasteiger partial charge is 0.478 e. The van der Waals surface area contributed by atoms with E-state index in [0.29, 0.717) is 12.1 Å². The molecule has 3 aromatic rings. The molecule has 0 aliphatic rings. The number of nitrogens with zero attached hydrogens (tertiary/aromatic N) is 3. The van der Waals surface area contributed by atoms with Crippen molar-refractivity contribution in [3.63, 3.8) is 0 Å². The fourth-order valence-corrected chi connectivity index (χ4v) is 3.51. The Morgan fingerprint density at radius 3 is 2.73 bits per heavy atom. The van der Waals surface area contributed by atoms with Crippen molar-refractivity contribution in [1.82, 2.24) is 19.5 Å². The molecule has 0 aliphatic carbocycles. The number of hydrogen-bond donors (Lipinski definition) is 2. The van der Waals surface area contributed by atoms with E-state index in [1.165, 1.54) is 0 Å². The Kier molecular flexibility index (Phi) is 6.12. The first-order valence-electron chi connectivity index (χ1n) is 8.65. The Morgan fingerprint density at radius 2 is 2.08 bits per heavy atom. The number of hydrogen-bond acceptors (Lipinski definition) is 4. The van der Waals surface area contributed by atoms with Crippen LogP contribution in [-0.4, -0.2) is 30.6 Å². The van der Waals surface area contributed by atoms with Gasteiger partial charge in [0.25, 0.3) is 0 Å². The van der Waals surface area contributed by atoms with E-state index in [1.807, 2.05) is 24.5 Å². The molecule has 136 valence electrons. The van der Waals surface area contributed by atoms with Crippen molar-refractivity contribution in [2.45, 2.75) is 43.6 Å². The number of nitrogens with one attached hydrogen (secondary N) is 1. The number of benzene rings is 1. The molecule has 2 heterocycles. The molecule has 0 saturated heterocycles. The van der Waals surface area contributed by atoms with Gasteiger partial charge in [-0.3, -0.25) is 0 Å². The second kappa shape index (κ2) is 8.71. The van der Waals surface area contributed by atoms with Crippen molar-refractivity contribution >= 4 is 17.7 Å². The summed E-state index contributed by atoms with van der Waals surface area (Å²) in [5.74, 6) is 0.947. The van der Waals surface area contributed by atoms with Gasteiger partial charge in [-0.2, -0.15) is 0 Å². The first-order chi connectivity index (χ1) is 12.7. The summed E-state index contributed by atoms with van der Waals surface area (Å²) < 4.78 is 2.24.